The van der Waals surface area contributed by atoms with E-state index >= 15 is 0 Å². The molecule has 1 unspecified atom stereocenters. The summed E-state index contributed by atoms with van der Waals surface area (Å²) in [4.78, 5) is 27.7. The lowest BCUT2D eigenvalue weighted by Gasteiger charge is -2.35. The van der Waals surface area contributed by atoms with E-state index in [1.54, 1.807) is 11.3 Å². The van der Waals surface area contributed by atoms with Crippen molar-refractivity contribution in [3.8, 4) is 0 Å². The van der Waals surface area contributed by atoms with Gasteiger partial charge < -0.3 is 10.2 Å². The summed E-state index contributed by atoms with van der Waals surface area (Å²) in [5.41, 5.74) is 1.37. The maximum atomic E-state index is 11.8. The fraction of sp³-hybridized carbons (Fsp3) is 0.538. The zero-order chi connectivity index (χ0) is 13.4. The third-order valence-electron chi connectivity index (χ3n) is 4.05. The van der Waals surface area contributed by atoms with Gasteiger partial charge in [-0.1, -0.05) is 0 Å². The molecule has 0 saturated carbocycles. The second-order valence-corrected chi connectivity index (χ2v) is 6.14. The molecule has 1 fully saturated rings. The Bertz CT molecular complexity index is 498. The number of imide groups is 1. The molecule has 3 amide bonds. The van der Waals surface area contributed by atoms with E-state index in [-0.39, 0.29) is 11.9 Å². The Morgan fingerprint density at radius 2 is 2.32 bits per heavy atom. The molecule has 6 heteroatoms. The van der Waals surface area contributed by atoms with Crippen molar-refractivity contribution >= 4 is 23.3 Å². The van der Waals surface area contributed by atoms with Crippen molar-refractivity contribution in [2.45, 2.75) is 25.8 Å². The van der Waals surface area contributed by atoms with Crippen molar-refractivity contribution in [3.63, 3.8) is 0 Å². The van der Waals surface area contributed by atoms with Gasteiger partial charge in [-0.05, 0) is 18.4 Å². The highest BCUT2D eigenvalue weighted by Crippen LogP contribution is 2.24. The molecule has 2 N–H and O–H groups in total. The first kappa shape index (κ1) is 12.6. The van der Waals surface area contributed by atoms with Crippen LogP contribution in [0, 0.1) is 0 Å². The molecule has 1 aromatic heterocycles. The molecule has 102 valence electrons. The molecule has 0 radical (unpaired) electrons. The molecule has 3 heterocycles. The van der Waals surface area contributed by atoms with Gasteiger partial charge in [0.05, 0.1) is 6.54 Å². The van der Waals surface area contributed by atoms with Gasteiger partial charge in [-0.15, -0.1) is 11.3 Å². The number of amides is 3. The van der Waals surface area contributed by atoms with Crippen molar-refractivity contribution in [2.24, 2.45) is 0 Å². The van der Waals surface area contributed by atoms with Crippen LogP contribution in [0.15, 0.2) is 11.4 Å². The van der Waals surface area contributed by atoms with Gasteiger partial charge in [-0.25, -0.2) is 9.69 Å². The monoisotopic (exact) mass is 280 g/mol. The van der Waals surface area contributed by atoms with E-state index in [1.165, 1.54) is 20.2 Å². The molecule has 0 aliphatic carbocycles. The molecular weight excluding hydrogens is 262 g/mol. The number of nitrogens with one attached hydrogen (secondary N) is 2. The third-order valence-corrected chi connectivity index (χ3v) is 5.05. The number of hydrogen-bond donors (Lipinski definition) is 2. The summed E-state index contributed by atoms with van der Waals surface area (Å²) in [7, 11) is 0. The van der Waals surface area contributed by atoms with Gasteiger partial charge >= 0.3 is 6.03 Å². The van der Waals surface area contributed by atoms with E-state index in [4.69, 9.17) is 0 Å². The Morgan fingerprint density at radius 3 is 3.11 bits per heavy atom. The van der Waals surface area contributed by atoms with Crippen LogP contribution in [0.1, 0.15) is 29.8 Å². The topological polar surface area (TPSA) is 53.9 Å². The summed E-state index contributed by atoms with van der Waals surface area (Å²) in [6.45, 7) is 4.09. The van der Waals surface area contributed by atoms with Gasteiger partial charge in [0.1, 0.15) is 6.04 Å². The average molecular weight is 280 g/mol. The highest BCUT2D eigenvalue weighted by Gasteiger charge is 2.34. The number of fused-ring (bicyclic) bond motifs is 1. The molecule has 0 spiro atoms. The Hall–Kier alpha value is -1.40. The van der Waals surface area contributed by atoms with Crippen LogP contribution in [0.2, 0.25) is 0 Å². The lowest BCUT2D eigenvalue weighted by molar-refractivity contribution is -0.938. The van der Waals surface area contributed by atoms with Gasteiger partial charge in [0, 0.05) is 29.8 Å². The molecule has 3 rings (SSSR count). The number of nitrogens with zero attached hydrogens (tertiary/aromatic N) is 1. The first-order chi connectivity index (χ1) is 9.16. The smallest absolute Gasteiger partial charge is 0.328 e. The van der Waals surface area contributed by atoms with Gasteiger partial charge in [-0.2, -0.15) is 0 Å². The molecule has 19 heavy (non-hydrogen) atoms. The van der Waals surface area contributed by atoms with Crippen LogP contribution < -0.4 is 10.2 Å². The van der Waals surface area contributed by atoms with E-state index in [9.17, 15) is 9.59 Å². The fourth-order valence-electron chi connectivity index (χ4n) is 2.85. The van der Waals surface area contributed by atoms with E-state index in [1.807, 2.05) is 0 Å². The van der Waals surface area contributed by atoms with Crippen LogP contribution in [0.4, 0.5) is 4.79 Å². The number of hydrogen-bond acceptors (Lipinski definition) is 3. The predicted molar refractivity (Wildman–Crippen MR) is 72.0 cm³/mol. The predicted octanol–water partition coefficient (Wildman–Crippen LogP) is 0.150. The summed E-state index contributed by atoms with van der Waals surface area (Å²) in [6.07, 6.45) is 1.45. The van der Waals surface area contributed by atoms with Crippen LogP contribution in [0.3, 0.4) is 0 Å². The van der Waals surface area contributed by atoms with E-state index in [0.29, 0.717) is 25.7 Å². The summed E-state index contributed by atoms with van der Waals surface area (Å²) in [5, 5.41) is 4.86. The maximum Gasteiger partial charge on any atom is 0.328 e. The molecule has 5 nitrogen and oxygen atoms in total. The summed E-state index contributed by atoms with van der Waals surface area (Å²) in [5.74, 6) is -0.0560. The second-order valence-electron chi connectivity index (χ2n) is 5.14. The molecule has 2 aliphatic rings. The number of urea groups is 1. The Morgan fingerprint density at radius 1 is 1.47 bits per heavy atom. The molecule has 0 aromatic carbocycles. The van der Waals surface area contributed by atoms with E-state index in [0.717, 1.165) is 13.0 Å². The molecule has 1 saturated heterocycles. The van der Waals surface area contributed by atoms with Crippen LogP contribution >= 0.6 is 11.3 Å². The first-order valence-corrected chi connectivity index (χ1v) is 7.54. The zero-order valence-electron chi connectivity index (χ0n) is 10.9. The van der Waals surface area contributed by atoms with Crippen LogP contribution in [0.5, 0.6) is 0 Å². The highest BCUT2D eigenvalue weighted by atomic mass is 32.1. The summed E-state index contributed by atoms with van der Waals surface area (Å²) in [6, 6.07) is 2.27. The number of quaternary nitrogens is 1. The van der Waals surface area contributed by atoms with Crippen molar-refractivity contribution in [3.05, 3.63) is 21.9 Å². The van der Waals surface area contributed by atoms with Crippen LogP contribution in [0.25, 0.3) is 0 Å². The van der Waals surface area contributed by atoms with Gasteiger partial charge in [-0.3, -0.25) is 4.79 Å². The van der Waals surface area contributed by atoms with Crippen molar-refractivity contribution < 1.29 is 14.5 Å². The number of thiophene rings is 1. The molecule has 0 bridgehead atoms. The molecule has 2 atom stereocenters. The molecule has 1 aromatic rings. The summed E-state index contributed by atoms with van der Waals surface area (Å²) >= 11 is 1.81. The van der Waals surface area contributed by atoms with Gasteiger partial charge in [0.2, 0.25) is 5.91 Å². The number of rotatable bonds is 2. The standard InChI is InChI=1S/C13H17N3O2S/c1-9-10-4-7-19-11(10)3-6-15(9)8-16-12(17)2-5-14-13(16)18/h4,7,9H,2-3,5-6,8H2,1H3,(H,14,18)/p+1/t9-/m0/s1. The Balaban J connectivity index is 1.74. The van der Waals surface area contributed by atoms with Crippen LogP contribution in [-0.2, 0) is 11.2 Å². The fourth-order valence-corrected chi connectivity index (χ4v) is 3.83. The van der Waals surface area contributed by atoms with Crippen LogP contribution in [-0.4, -0.2) is 36.6 Å². The maximum absolute atomic E-state index is 11.8. The quantitative estimate of drug-likeness (QED) is 0.810. The summed E-state index contributed by atoms with van der Waals surface area (Å²) < 4.78 is 0. The SMILES string of the molecule is C[C@H]1c2ccsc2CC[NH+]1CN1C(=O)CCNC1=O. The number of carbonyl (C=O) groups excluding carboxylic acids is 2. The van der Waals surface area contributed by atoms with E-state index < -0.39 is 0 Å². The van der Waals surface area contributed by atoms with Gasteiger partial charge in [0.15, 0.2) is 6.67 Å². The minimum atomic E-state index is -0.243. The van der Waals surface area contributed by atoms with Crippen molar-refractivity contribution in [2.75, 3.05) is 19.8 Å². The molecular formula is C13H18N3O2S+. The van der Waals surface area contributed by atoms with Crippen molar-refractivity contribution in [1.82, 2.24) is 10.2 Å². The normalized spacial score (nSPS) is 27.1. The molecule has 2 aliphatic heterocycles. The average Bonchev–Trinajstić information content (AvgIpc) is 2.85. The number of carbonyl (C=O) groups is 2. The first-order valence-electron chi connectivity index (χ1n) is 6.66. The van der Waals surface area contributed by atoms with Crippen molar-refractivity contribution in [1.29, 1.82) is 0 Å². The highest BCUT2D eigenvalue weighted by molar-refractivity contribution is 7.10. The third kappa shape index (κ3) is 2.26. The Kier molecular flexibility index (Phi) is 3.28. The lowest BCUT2D eigenvalue weighted by Crippen LogP contribution is -3.14. The van der Waals surface area contributed by atoms with Gasteiger partial charge in [0.25, 0.3) is 0 Å². The van der Waals surface area contributed by atoms with E-state index in [2.05, 4.69) is 23.7 Å². The lowest BCUT2D eigenvalue weighted by atomic mass is 10.0. The second kappa shape index (κ2) is 4.94. The zero-order valence-corrected chi connectivity index (χ0v) is 11.8. The Labute approximate surface area is 116 Å². The largest absolute Gasteiger partial charge is 0.337 e. The minimum absolute atomic E-state index is 0.0560. The minimum Gasteiger partial charge on any atom is -0.337 e.